The second-order valence-corrected chi connectivity index (χ2v) is 6.23. The summed E-state index contributed by atoms with van der Waals surface area (Å²) in [6, 6.07) is 0. The summed E-state index contributed by atoms with van der Waals surface area (Å²) in [7, 11) is 10.8. The highest BCUT2D eigenvalue weighted by molar-refractivity contribution is 8.35. The SMILES string of the molecule is Cl[S+](Cl)CCCC1C=CC=C1. The third-order valence-electron chi connectivity index (χ3n) is 1.66. The van der Waals surface area contributed by atoms with Crippen LogP contribution in [0.3, 0.4) is 0 Å². The van der Waals surface area contributed by atoms with Crippen molar-refractivity contribution in [2.75, 3.05) is 5.75 Å². The average Bonchev–Trinajstić information content (AvgIpc) is 2.39. The molecule has 1 aliphatic carbocycles. The zero-order valence-corrected chi connectivity index (χ0v) is 8.50. The maximum Gasteiger partial charge on any atom is 0.215 e. The van der Waals surface area contributed by atoms with E-state index >= 15 is 0 Å². The molecule has 0 aromatic carbocycles. The van der Waals surface area contributed by atoms with Gasteiger partial charge in [-0.2, -0.15) is 0 Å². The Morgan fingerprint density at radius 1 is 1.18 bits per heavy atom. The van der Waals surface area contributed by atoms with Crippen molar-refractivity contribution in [2.24, 2.45) is 5.92 Å². The van der Waals surface area contributed by atoms with Gasteiger partial charge in [0, 0.05) is 0 Å². The maximum absolute atomic E-state index is 5.62. The lowest BCUT2D eigenvalue weighted by Crippen LogP contribution is -1.95. The molecule has 1 rings (SSSR count). The number of hydrogen-bond donors (Lipinski definition) is 0. The molecule has 62 valence electrons. The summed E-state index contributed by atoms with van der Waals surface area (Å²) in [5.41, 5.74) is 0. The summed E-state index contributed by atoms with van der Waals surface area (Å²) in [5, 5.41) is 0. The highest BCUT2D eigenvalue weighted by atomic mass is 36.0. The molecular formula is C8H11Cl2S+. The Morgan fingerprint density at radius 3 is 2.36 bits per heavy atom. The lowest BCUT2D eigenvalue weighted by molar-refractivity contribution is 0.703. The molecule has 0 radical (unpaired) electrons. The van der Waals surface area contributed by atoms with Crippen LogP contribution < -0.4 is 0 Å². The van der Waals surface area contributed by atoms with Crippen LogP contribution in [0.4, 0.5) is 0 Å². The number of hydrogen-bond acceptors (Lipinski definition) is 0. The summed E-state index contributed by atoms with van der Waals surface area (Å²) < 4.78 is 0. The fourth-order valence-corrected chi connectivity index (χ4v) is 2.14. The lowest BCUT2D eigenvalue weighted by Gasteiger charge is -2.00. The van der Waals surface area contributed by atoms with Crippen LogP contribution in [0.25, 0.3) is 0 Å². The van der Waals surface area contributed by atoms with Gasteiger partial charge >= 0.3 is 0 Å². The summed E-state index contributed by atoms with van der Waals surface area (Å²) in [5.74, 6) is 1.56. The van der Waals surface area contributed by atoms with Gasteiger partial charge in [-0.15, -0.1) is 0 Å². The molecule has 0 saturated heterocycles. The Labute approximate surface area is 79.6 Å². The quantitative estimate of drug-likeness (QED) is 0.623. The molecule has 0 bridgehead atoms. The summed E-state index contributed by atoms with van der Waals surface area (Å²) in [4.78, 5) is 0. The summed E-state index contributed by atoms with van der Waals surface area (Å²) in [6.07, 6.45) is 10.9. The largest absolute Gasteiger partial charge is 0.215 e. The fourth-order valence-electron chi connectivity index (χ4n) is 1.10. The Bertz CT molecular complexity index is 151. The molecule has 1 aliphatic rings. The highest BCUT2D eigenvalue weighted by Crippen LogP contribution is 2.18. The molecule has 0 N–H and O–H groups in total. The third kappa shape index (κ3) is 4.09. The van der Waals surface area contributed by atoms with Gasteiger partial charge in [-0.3, -0.25) is 0 Å². The van der Waals surface area contributed by atoms with Gasteiger partial charge in [0.1, 0.15) is 5.75 Å². The molecule has 0 spiro atoms. The summed E-state index contributed by atoms with van der Waals surface area (Å²) in [6.45, 7) is 0. The van der Waals surface area contributed by atoms with Crippen molar-refractivity contribution in [3.8, 4) is 0 Å². The number of halogens is 2. The number of allylic oxidation sites excluding steroid dienone is 4. The molecule has 0 heterocycles. The molecule has 0 saturated carbocycles. The Kier molecular flexibility index (Phi) is 4.43. The van der Waals surface area contributed by atoms with Crippen LogP contribution in [0, 0.1) is 5.92 Å². The molecule has 3 heteroatoms. The lowest BCUT2D eigenvalue weighted by atomic mass is 10.1. The van der Waals surface area contributed by atoms with Gasteiger partial charge < -0.3 is 0 Å². The van der Waals surface area contributed by atoms with E-state index in [0.29, 0.717) is 5.92 Å². The van der Waals surface area contributed by atoms with Crippen LogP contribution in [0.5, 0.6) is 0 Å². The van der Waals surface area contributed by atoms with Crippen LogP contribution in [0.2, 0.25) is 0 Å². The minimum atomic E-state index is -0.419. The van der Waals surface area contributed by atoms with Gasteiger partial charge in [-0.25, -0.2) is 0 Å². The van der Waals surface area contributed by atoms with E-state index in [1.807, 2.05) is 0 Å². The highest BCUT2D eigenvalue weighted by Gasteiger charge is 2.12. The second kappa shape index (κ2) is 5.13. The van der Waals surface area contributed by atoms with Gasteiger partial charge in [0.2, 0.25) is 9.32 Å². The minimum absolute atomic E-state index is 0.419. The van der Waals surface area contributed by atoms with Crippen molar-refractivity contribution < 1.29 is 0 Å². The van der Waals surface area contributed by atoms with Gasteiger partial charge in [0.05, 0.1) is 0 Å². The molecule has 0 fully saturated rings. The Hall–Kier alpha value is 0.410. The van der Waals surface area contributed by atoms with E-state index in [9.17, 15) is 0 Å². The first-order chi connectivity index (χ1) is 5.29. The van der Waals surface area contributed by atoms with Crippen LogP contribution in [-0.4, -0.2) is 5.75 Å². The predicted molar refractivity (Wildman–Crippen MR) is 54.9 cm³/mol. The van der Waals surface area contributed by atoms with E-state index in [0.717, 1.165) is 12.2 Å². The predicted octanol–water partition coefficient (Wildman–Crippen LogP) is 3.43. The van der Waals surface area contributed by atoms with Crippen molar-refractivity contribution >= 4 is 30.7 Å². The first-order valence-corrected chi connectivity index (χ1v) is 6.72. The molecular weight excluding hydrogens is 199 g/mol. The van der Waals surface area contributed by atoms with Crippen molar-refractivity contribution in [3.05, 3.63) is 24.3 Å². The minimum Gasteiger partial charge on any atom is -0.0776 e. The smallest absolute Gasteiger partial charge is 0.0776 e. The van der Waals surface area contributed by atoms with Crippen LogP contribution >= 0.6 is 21.4 Å². The molecule has 0 amide bonds. The standard InChI is InChI=1S/C8H11Cl2S/c9-11(10)7-3-6-8-4-1-2-5-8/h1-2,4-5,8H,3,6-7H2/q+1. The Morgan fingerprint density at radius 2 is 1.82 bits per heavy atom. The van der Waals surface area contributed by atoms with Gasteiger partial charge in [-0.05, 0) is 18.8 Å². The second-order valence-electron chi connectivity index (χ2n) is 2.56. The van der Waals surface area contributed by atoms with Gasteiger partial charge in [-0.1, -0.05) is 24.3 Å². The van der Waals surface area contributed by atoms with Gasteiger partial charge in [0.15, 0.2) is 21.4 Å². The van der Waals surface area contributed by atoms with Crippen LogP contribution in [-0.2, 0) is 9.32 Å². The van der Waals surface area contributed by atoms with Crippen molar-refractivity contribution in [1.82, 2.24) is 0 Å². The molecule has 0 nitrogen and oxygen atoms in total. The van der Waals surface area contributed by atoms with E-state index < -0.39 is 9.32 Å². The topological polar surface area (TPSA) is 0 Å². The van der Waals surface area contributed by atoms with Crippen LogP contribution in [0.1, 0.15) is 12.8 Å². The van der Waals surface area contributed by atoms with E-state index in [-0.39, 0.29) is 0 Å². The third-order valence-corrected chi connectivity index (χ3v) is 3.19. The van der Waals surface area contributed by atoms with Gasteiger partial charge in [0.25, 0.3) is 0 Å². The van der Waals surface area contributed by atoms with E-state index in [4.69, 9.17) is 21.4 Å². The molecule has 0 aromatic heterocycles. The van der Waals surface area contributed by atoms with Crippen LogP contribution in [0.15, 0.2) is 24.3 Å². The average molecular weight is 210 g/mol. The normalized spacial score (nSPS) is 17.0. The monoisotopic (exact) mass is 209 g/mol. The number of rotatable bonds is 4. The van der Waals surface area contributed by atoms with Crippen molar-refractivity contribution in [3.63, 3.8) is 0 Å². The van der Waals surface area contributed by atoms with E-state index in [1.165, 1.54) is 6.42 Å². The maximum atomic E-state index is 5.62. The van der Waals surface area contributed by atoms with Crippen molar-refractivity contribution in [1.29, 1.82) is 0 Å². The fraction of sp³-hybridized carbons (Fsp3) is 0.500. The zero-order valence-electron chi connectivity index (χ0n) is 6.17. The van der Waals surface area contributed by atoms with Crippen molar-refractivity contribution in [2.45, 2.75) is 12.8 Å². The van der Waals surface area contributed by atoms with E-state index in [2.05, 4.69) is 24.3 Å². The zero-order chi connectivity index (χ0) is 8.10. The first kappa shape index (κ1) is 9.50. The molecule has 0 aliphatic heterocycles. The van der Waals surface area contributed by atoms with E-state index in [1.54, 1.807) is 0 Å². The molecule has 0 aromatic rings. The first-order valence-electron chi connectivity index (χ1n) is 3.67. The molecule has 0 atom stereocenters. The Balaban J connectivity index is 2.03. The molecule has 0 unspecified atom stereocenters. The molecule has 11 heavy (non-hydrogen) atoms. The summed E-state index contributed by atoms with van der Waals surface area (Å²) >= 11 is 0.